The summed E-state index contributed by atoms with van der Waals surface area (Å²) < 4.78 is 33.7. The Labute approximate surface area is 113 Å². The molecule has 7 heteroatoms. The minimum Gasteiger partial charge on any atom is -0.463 e. The third-order valence-corrected chi connectivity index (χ3v) is 2.33. The SMILES string of the molecule is [2H]CC(=O)OC[C@H]1OC(O)(OCC=C)C[C@@H]1OC(=O)C[2H]. The van der Waals surface area contributed by atoms with E-state index in [0.29, 0.717) is 0 Å². The molecule has 7 nitrogen and oxygen atoms in total. The fourth-order valence-corrected chi connectivity index (χ4v) is 1.63. The van der Waals surface area contributed by atoms with E-state index in [4.69, 9.17) is 21.7 Å². The Morgan fingerprint density at radius 2 is 2.32 bits per heavy atom. The number of carbonyl (C=O) groups is 2. The van der Waals surface area contributed by atoms with E-state index < -0.39 is 43.9 Å². The van der Waals surface area contributed by atoms with Gasteiger partial charge in [-0.3, -0.25) is 9.59 Å². The third-order valence-electron chi connectivity index (χ3n) is 2.33. The summed E-state index contributed by atoms with van der Waals surface area (Å²) in [5.41, 5.74) is 0. The molecule has 1 saturated heterocycles. The van der Waals surface area contributed by atoms with Crippen molar-refractivity contribution in [1.29, 1.82) is 0 Å². The standard InChI is InChI=1S/C12H18O7/c1-4-5-17-12(15)6-10(18-9(3)14)11(19-12)7-16-8(2)13/h4,10-11,15H,1,5-7H2,2-3H3/t10-,11+,12?/m0/s1/i2D,3D. The molecule has 1 N–H and O–H groups in total. The molecule has 1 rings (SSSR count). The van der Waals surface area contributed by atoms with E-state index >= 15 is 0 Å². The lowest BCUT2D eigenvalue weighted by Crippen LogP contribution is -2.33. The van der Waals surface area contributed by atoms with Gasteiger partial charge in [0, 0.05) is 16.5 Å². The molecule has 1 aliphatic rings. The fourth-order valence-electron chi connectivity index (χ4n) is 1.63. The lowest BCUT2D eigenvalue weighted by atomic mass is 10.2. The maximum Gasteiger partial charge on any atom is 0.303 e. The number of rotatable bonds is 6. The van der Waals surface area contributed by atoms with Crippen LogP contribution in [0.4, 0.5) is 0 Å². The highest BCUT2D eigenvalue weighted by Crippen LogP contribution is 2.32. The predicted molar refractivity (Wildman–Crippen MR) is 62.8 cm³/mol. The molecule has 0 radical (unpaired) electrons. The normalized spacial score (nSPS) is 31.2. The van der Waals surface area contributed by atoms with Crippen molar-refractivity contribution in [3.05, 3.63) is 12.7 Å². The first kappa shape index (κ1) is 12.6. The van der Waals surface area contributed by atoms with Crippen LogP contribution in [0.1, 0.15) is 23.0 Å². The summed E-state index contributed by atoms with van der Waals surface area (Å²) in [5, 5.41) is 10.1. The number of ether oxygens (including phenoxy) is 4. The van der Waals surface area contributed by atoms with Gasteiger partial charge < -0.3 is 24.1 Å². The topological polar surface area (TPSA) is 91.3 Å². The largest absolute Gasteiger partial charge is 0.463 e. The first-order valence-corrected chi connectivity index (χ1v) is 5.52. The number of carbonyl (C=O) groups excluding carboxylic acids is 2. The first-order valence-electron chi connectivity index (χ1n) is 6.94. The molecule has 108 valence electrons. The van der Waals surface area contributed by atoms with E-state index in [1.54, 1.807) is 0 Å². The van der Waals surface area contributed by atoms with Crippen molar-refractivity contribution in [3.8, 4) is 0 Å². The van der Waals surface area contributed by atoms with E-state index in [0.717, 1.165) is 0 Å². The van der Waals surface area contributed by atoms with Crippen LogP contribution >= 0.6 is 0 Å². The zero-order valence-corrected chi connectivity index (χ0v) is 10.4. The Morgan fingerprint density at radius 3 is 2.95 bits per heavy atom. The minimum atomic E-state index is -1.99. The maximum absolute atomic E-state index is 11.2. The summed E-state index contributed by atoms with van der Waals surface area (Å²) in [5.74, 6) is -3.56. The molecule has 1 fully saturated rings. The van der Waals surface area contributed by atoms with Crippen LogP contribution in [0, 0.1) is 0 Å². The lowest BCUT2D eigenvalue weighted by Gasteiger charge is -2.21. The quantitative estimate of drug-likeness (QED) is 0.418. The molecule has 19 heavy (non-hydrogen) atoms. The van der Waals surface area contributed by atoms with Gasteiger partial charge in [-0.1, -0.05) is 6.08 Å². The van der Waals surface area contributed by atoms with Crippen molar-refractivity contribution >= 4 is 11.9 Å². The average Bonchev–Trinajstić information content (AvgIpc) is 2.78. The van der Waals surface area contributed by atoms with Crippen molar-refractivity contribution in [2.75, 3.05) is 13.2 Å². The van der Waals surface area contributed by atoms with Gasteiger partial charge in [-0.2, -0.15) is 0 Å². The Morgan fingerprint density at radius 1 is 1.58 bits per heavy atom. The summed E-state index contributed by atoms with van der Waals surface area (Å²) in [6.07, 6.45) is -0.642. The van der Waals surface area contributed by atoms with Gasteiger partial charge in [0.1, 0.15) is 18.8 Å². The monoisotopic (exact) mass is 276 g/mol. The van der Waals surface area contributed by atoms with Crippen LogP contribution in [0.5, 0.6) is 0 Å². The van der Waals surface area contributed by atoms with Crippen molar-refractivity contribution < 1.29 is 36.4 Å². The molecule has 0 amide bonds. The van der Waals surface area contributed by atoms with Crippen LogP contribution < -0.4 is 0 Å². The smallest absolute Gasteiger partial charge is 0.303 e. The number of hydrogen-bond donors (Lipinski definition) is 1. The molecular weight excluding hydrogens is 256 g/mol. The van der Waals surface area contributed by atoms with Crippen molar-refractivity contribution in [1.82, 2.24) is 0 Å². The number of aliphatic hydroxyl groups is 1. The molecule has 3 atom stereocenters. The van der Waals surface area contributed by atoms with Crippen LogP contribution in [0.15, 0.2) is 12.7 Å². The Hall–Kier alpha value is -1.44. The van der Waals surface area contributed by atoms with Gasteiger partial charge in [0.05, 0.1) is 13.0 Å². The van der Waals surface area contributed by atoms with E-state index in [1.165, 1.54) is 6.08 Å². The number of esters is 2. The van der Waals surface area contributed by atoms with Crippen LogP contribution in [0.3, 0.4) is 0 Å². The van der Waals surface area contributed by atoms with Gasteiger partial charge in [-0.25, -0.2) is 0 Å². The highest BCUT2D eigenvalue weighted by molar-refractivity contribution is 5.66. The summed E-state index contributed by atoms with van der Waals surface area (Å²) in [6.45, 7) is 2.01. The van der Waals surface area contributed by atoms with Crippen molar-refractivity contribution in [2.45, 2.75) is 38.4 Å². The highest BCUT2D eigenvalue weighted by Gasteiger charge is 2.48. The summed E-state index contributed by atoms with van der Waals surface area (Å²) in [4.78, 5) is 22.2. The Kier molecular flexibility index (Phi) is 4.40. The summed E-state index contributed by atoms with van der Waals surface area (Å²) in [6, 6.07) is 0. The van der Waals surface area contributed by atoms with E-state index in [2.05, 4.69) is 6.58 Å². The van der Waals surface area contributed by atoms with E-state index in [-0.39, 0.29) is 19.6 Å². The molecular formula is C12H18O7. The molecule has 0 aliphatic carbocycles. The Balaban J connectivity index is 2.67. The van der Waals surface area contributed by atoms with Crippen LogP contribution in [-0.4, -0.2) is 48.4 Å². The van der Waals surface area contributed by atoms with Crippen molar-refractivity contribution in [2.24, 2.45) is 0 Å². The van der Waals surface area contributed by atoms with Gasteiger partial charge in [0.25, 0.3) is 5.97 Å². The lowest BCUT2D eigenvalue weighted by molar-refractivity contribution is -0.347. The van der Waals surface area contributed by atoms with Gasteiger partial charge in [0.15, 0.2) is 0 Å². The molecule has 0 spiro atoms. The molecule has 1 heterocycles. The van der Waals surface area contributed by atoms with E-state index in [9.17, 15) is 14.7 Å². The van der Waals surface area contributed by atoms with E-state index in [1.807, 2.05) is 0 Å². The Bertz CT molecular complexity index is 390. The van der Waals surface area contributed by atoms with Gasteiger partial charge in [0.2, 0.25) is 0 Å². The highest BCUT2D eigenvalue weighted by atomic mass is 16.8. The molecule has 1 aliphatic heterocycles. The molecule has 0 bridgehead atoms. The fraction of sp³-hybridized carbons (Fsp3) is 0.667. The first-order chi connectivity index (χ1) is 9.94. The second-order valence-electron chi connectivity index (χ2n) is 3.88. The summed E-state index contributed by atoms with van der Waals surface area (Å²) in [7, 11) is 0. The van der Waals surface area contributed by atoms with Gasteiger partial charge in [-0.05, 0) is 0 Å². The zero-order valence-electron chi connectivity index (χ0n) is 12.4. The van der Waals surface area contributed by atoms with Crippen LogP contribution in [0.2, 0.25) is 0 Å². The minimum absolute atomic E-state index is 0.00877. The second-order valence-corrected chi connectivity index (χ2v) is 3.88. The third kappa shape index (κ3) is 4.98. The molecule has 0 aromatic heterocycles. The molecule has 0 aromatic rings. The average molecular weight is 276 g/mol. The van der Waals surface area contributed by atoms with Crippen LogP contribution in [0.25, 0.3) is 0 Å². The van der Waals surface area contributed by atoms with Crippen LogP contribution in [-0.2, 0) is 28.5 Å². The van der Waals surface area contributed by atoms with Crippen molar-refractivity contribution in [3.63, 3.8) is 0 Å². The molecule has 0 aromatic carbocycles. The molecule has 0 saturated carbocycles. The predicted octanol–water partition coefficient (Wildman–Crippen LogP) is 0.119. The van der Waals surface area contributed by atoms with Gasteiger partial charge in [-0.15, -0.1) is 6.58 Å². The van der Waals surface area contributed by atoms with Gasteiger partial charge >= 0.3 is 11.9 Å². The zero-order chi connectivity index (χ0) is 15.9. The number of hydrogen-bond acceptors (Lipinski definition) is 7. The second kappa shape index (κ2) is 6.65. The maximum atomic E-state index is 11.2. The molecule has 1 unspecified atom stereocenters. The summed E-state index contributed by atoms with van der Waals surface area (Å²) >= 11 is 0.